The fourth-order valence-electron chi connectivity index (χ4n) is 2.36. The second kappa shape index (κ2) is 6.72. The molecule has 2 aromatic rings. The molecule has 120 valence electrons. The summed E-state index contributed by atoms with van der Waals surface area (Å²) in [7, 11) is 0. The zero-order chi connectivity index (χ0) is 17.1. The summed E-state index contributed by atoms with van der Waals surface area (Å²) in [6.45, 7) is 0.198. The topological polar surface area (TPSA) is 74.7 Å². The zero-order valence-corrected chi connectivity index (χ0v) is 13.3. The largest absolute Gasteiger partial charge is 0.478 e. The third-order valence-corrected chi connectivity index (χ3v) is 4.44. The third-order valence-electron chi connectivity index (χ3n) is 3.53. The molecule has 0 aliphatic carbocycles. The van der Waals surface area contributed by atoms with Crippen molar-refractivity contribution in [2.45, 2.75) is 6.54 Å². The summed E-state index contributed by atoms with van der Waals surface area (Å²) in [4.78, 5) is 37.2. The molecule has 0 saturated carbocycles. The number of hydrogen-bond donors (Lipinski definition) is 1. The van der Waals surface area contributed by atoms with Crippen molar-refractivity contribution in [2.24, 2.45) is 0 Å². The Hall–Kier alpha value is -2.86. The van der Waals surface area contributed by atoms with Gasteiger partial charge in [0.1, 0.15) is 0 Å². The number of thioether (sulfide) groups is 1. The lowest BCUT2D eigenvalue weighted by Crippen LogP contribution is -2.27. The molecule has 3 rings (SSSR count). The molecule has 5 nitrogen and oxygen atoms in total. The van der Waals surface area contributed by atoms with Crippen LogP contribution in [-0.4, -0.2) is 27.1 Å². The van der Waals surface area contributed by atoms with Gasteiger partial charge in [0.25, 0.3) is 11.1 Å². The van der Waals surface area contributed by atoms with Crippen molar-refractivity contribution < 1.29 is 19.5 Å². The van der Waals surface area contributed by atoms with Gasteiger partial charge in [0, 0.05) is 0 Å². The van der Waals surface area contributed by atoms with Crippen LogP contribution in [0.4, 0.5) is 4.79 Å². The number of rotatable bonds is 4. The van der Waals surface area contributed by atoms with Crippen molar-refractivity contribution in [3.05, 3.63) is 76.2 Å². The Labute approximate surface area is 142 Å². The number of nitrogens with zero attached hydrogens (tertiary/aromatic N) is 1. The fraction of sp³-hybridized carbons (Fsp3) is 0.0556. The molecule has 0 radical (unpaired) electrons. The number of aromatic carboxylic acids is 1. The van der Waals surface area contributed by atoms with Gasteiger partial charge in [-0.25, -0.2) is 4.79 Å². The third kappa shape index (κ3) is 3.23. The number of hydrogen-bond acceptors (Lipinski definition) is 4. The standard InChI is InChI=1S/C18H13NO4S/c20-16-15(10-13-8-4-5-9-14(13)17(21)22)24-18(23)19(16)11-12-6-2-1-3-7-12/h1-10H,11H2,(H,21,22)/b15-10+. The second-order valence-corrected chi connectivity index (χ2v) is 6.14. The molecule has 2 aromatic carbocycles. The first-order valence-corrected chi connectivity index (χ1v) is 7.99. The highest BCUT2D eigenvalue weighted by atomic mass is 32.2. The summed E-state index contributed by atoms with van der Waals surface area (Å²) in [6, 6.07) is 15.6. The number of carbonyl (C=O) groups is 3. The van der Waals surface area contributed by atoms with E-state index in [9.17, 15) is 19.5 Å². The van der Waals surface area contributed by atoms with Gasteiger partial charge in [-0.15, -0.1) is 0 Å². The molecule has 1 saturated heterocycles. The quantitative estimate of drug-likeness (QED) is 0.861. The van der Waals surface area contributed by atoms with E-state index in [1.807, 2.05) is 30.3 Å². The molecule has 0 bridgehead atoms. The molecule has 1 heterocycles. The van der Waals surface area contributed by atoms with E-state index in [4.69, 9.17) is 0 Å². The predicted molar refractivity (Wildman–Crippen MR) is 91.4 cm³/mol. The minimum Gasteiger partial charge on any atom is -0.478 e. The maximum atomic E-state index is 12.5. The first-order chi connectivity index (χ1) is 11.6. The summed E-state index contributed by atoms with van der Waals surface area (Å²) in [5.74, 6) is -1.49. The number of carbonyl (C=O) groups excluding carboxylic acids is 2. The van der Waals surface area contributed by atoms with Gasteiger partial charge < -0.3 is 5.11 Å². The summed E-state index contributed by atoms with van der Waals surface area (Å²) in [5, 5.41) is 8.85. The minimum atomic E-state index is -1.08. The van der Waals surface area contributed by atoms with E-state index in [2.05, 4.69) is 0 Å². The van der Waals surface area contributed by atoms with Crippen LogP contribution in [0.2, 0.25) is 0 Å². The first kappa shape index (κ1) is 16.0. The van der Waals surface area contributed by atoms with Crippen LogP contribution in [0.5, 0.6) is 0 Å². The molecule has 1 aliphatic heterocycles. The summed E-state index contributed by atoms with van der Waals surface area (Å²) in [5.41, 5.74) is 1.34. The number of carboxylic acid groups (broad SMARTS) is 1. The highest BCUT2D eigenvalue weighted by Gasteiger charge is 2.35. The number of amides is 2. The number of imide groups is 1. The van der Waals surface area contributed by atoms with Gasteiger partial charge in [0.15, 0.2) is 0 Å². The van der Waals surface area contributed by atoms with E-state index < -0.39 is 11.9 Å². The van der Waals surface area contributed by atoms with E-state index in [1.165, 1.54) is 12.1 Å². The van der Waals surface area contributed by atoms with Crippen LogP contribution in [0.3, 0.4) is 0 Å². The van der Waals surface area contributed by atoms with Gasteiger partial charge in [-0.2, -0.15) is 0 Å². The molecule has 1 aliphatic rings. The molecule has 6 heteroatoms. The average Bonchev–Trinajstić information content (AvgIpc) is 2.84. The van der Waals surface area contributed by atoms with E-state index >= 15 is 0 Å². The van der Waals surface area contributed by atoms with Crippen molar-refractivity contribution in [1.29, 1.82) is 0 Å². The fourth-order valence-corrected chi connectivity index (χ4v) is 3.19. The normalized spacial score (nSPS) is 16.0. The molecular formula is C18H13NO4S. The van der Waals surface area contributed by atoms with E-state index in [-0.39, 0.29) is 22.3 Å². The van der Waals surface area contributed by atoms with Gasteiger partial charge in [-0.05, 0) is 35.0 Å². The van der Waals surface area contributed by atoms with Gasteiger partial charge in [0.2, 0.25) is 0 Å². The second-order valence-electron chi connectivity index (χ2n) is 5.15. The van der Waals surface area contributed by atoms with Crippen LogP contribution in [-0.2, 0) is 11.3 Å². The van der Waals surface area contributed by atoms with Crippen molar-refractivity contribution in [3.63, 3.8) is 0 Å². The lowest BCUT2D eigenvalue weighted by molar-refractivity contribution is -0.123. The van der Waals surface area contributed by atoms with Crippen molar-refractivity contribution >= 4 is 35.0 Å². The Bertz CT molecular complexity index is 845. The van der Waals surface area contributed by atoms with E-state index in [0.717, 1.165) is 22.2 Å². The van der Waals surface area contributed by atoms with E-state index in [0.29, 0.717) is 5.56 Å². The highest BCUT2D eigenvalue weighted by Crippen LogP contribution is 2.33. The molecule has 0 unspecified atom stereocenters. The molecule has 24 heavy (non-hydrogen) atoms. The monoisotopic (exact) mass is 339 g/mol. The lowest BCUT2D eigenvalue weighted by atomic mass is 10.1. The zero-order valence-electron chi connectivity index (χ0n) is 12.5. The first-order valence-electron chi connectivity index (χ1n) is 7.18. The van der Waals surface area contributed by atoms with Crippen LogP contribution in [0, 0.1) is 0 Å². The van der Waals surface area contributed by atoms with Crippen LogP contribution < -0.4 is 0 Å². The van der Waals surface area contributed by atoms with Crippen LogP contribution in [0.1, 0.15) is 21.5 Å². The van der Waals surface area contributed by atoms with E-state index in [1.54, 1.807) is 18.2 Å². The molecule has 0 spiro atoms. The summed E-state index contributed by atoms with van der Waals surface area (Å²) in [6.07, 6.45) is 1.46. The predicted octanol–water partition coefficient (Wildman–Crippen LogP) is 3.62. The molecule has 0 aromatic heterocycles. The molecule has 1 fully saturated rings. The Morgan fingerprint density at radius 1 is 1.04 bits per heavy atom. The van der Waals surface area contributed by atoms with Gasteiger partial charge in [-0.1, -0.05) is 48.5 Å². The smallest absolute Gasteiger partial charge is 0.336 e. The van der Waals surface area contributed by atoms with Gasteiger partial charge >= 0.3 is 5.97 Å². The summed E-state index contributed by atoms with van der Waals surface area (Å²) < 4.78 is 0. The summed E-state index contributed by atoms with van der Waals surface area (Å²) >= 11 is 0.822. The average molecular weight is 339 g/mol. The van der Waals surface area contributed by atoms with Crippen molar-refractivity contribution in [2.75, 3.05) is 0 Å². The van der Waals surface area contributed by atoms with Crippen LogP contribution >= 0.6 is 11.8 Å². The molecular weight excluding hydrogens is 326 g/mol. The Morgan fingerprint density at radius 2 is 1.71 bits per heavy atom. The molecule has 2 amide bonds. The number of carboxylic acids is 1. The van der Waals surface area contributed by atoms with Gasteiger partial charge in [-0.3, -0.25) is 14.5 Å². The van der Waals surface area contributed by atoms with Crippen molar-refractivity contribution in [1.82, 2.24) is 4.90 Å². The van der Waals surface area contributed by atoms with Gasteiger partial charge in [0.05, 0.1) is 17.0 Å². The SMILES string of the molecule is O=C(O)c1ccccc1/C=C1/SC(=O)N(Cc2ccccc2)C1=O. The lowest BCUT2D eigenvalue weighted by Gasteiger charge is -2.12. The molecule has 1 N–H and O–H groups in total. The maximum absolute atomic E-state index is 12.5. The minimum absolute atomic E-state index is 0.0901. The van der Waals surface area contributed by atoms with Crippen molar-refractivity contribution in [3.8, 4) is 0 Å². The number of benzene rings is 2. The highest BCUT2D eigenvalue weighted by molar-refractivity contribution is 8.18. The maximum Gasteiger partial charge on any atom is 0.336 e. The molecule has 0 atom stereocenters. The van der Waals surface area contributed by atoms with Crippen LogP contribution in [0.25, 0.3) is 6.08 Å². The Morgan fingerprint density at radius 3 is 2.42 bits per heavy atom. The Balaban J connectivity index is 1.88. The Kier molecular flexibility index (Phi) is 4.48. The van der Waals surface area contributed by atoms with Crippen LogP contribution in [0.15, 0.2) is 59.5 Å².